The number of hydrogen-bond donors (Lipinski definition) is 1. The van der Waals surface area contributed by atoms with Crippen molar-refractivity contribution in [2.45, 2.75) is 25.3 Å². The van der Waals surface area contributed by atoms with E-state index in [0.717, 1.165) is 4.88 Å². The zero-order valence-corrected chi connectivity index (χ0v) is 14.6. The van der Waals surface area contributed by atoms with E-state index < -0.39 is 5.54 Å². The molecule has 0 radical (unpaired) electrons. The Bertz CT molecular complexity index is 640. The van der Waals surface area contributed by atoms with Crippen LogP contribution in [0.5, 0.6) is 0 Å². The first-order chi connectivity index (χ1) is 11.5. The Morgan fingerprint density at radius 3 is 2.71 bits per heavy atom. The van der Waals surface area contributed by atoms with Gasteiger partial charge in [-0.15, -0.1) is 11.3 Å². The second kappa shape index (κ2) is 6.52. The fraction of sp³-hybridized carbons (Fsp3) is 0.562. The molecule has 3 rings (SSSR count). The number of ether oxygens (including phenoxy) is 1. The molecule has 2 aliphatic heterocycles. The van der Waals surface area contributed by atoms with Gasteiger partial charge in [0.25, 0.3) is 5.91 Å². The fourth-order valence-electron chi connectivity index (χ4n) is 3.23. The van der Waals surface area contributed by atoms with Gasteiger partial charge in [-0.1, -0.05) is 6.07 Å². The van der Waals surface area contributed by atoms with Gasteiger partial charge < -0.3 is 10.1 Å². The lowest BCUT2D eigenvalue weighted by molar-refractivity contribution is -0.147. The number of urea groups is 1. The first-order valence-electron chi connectivity index (χ1n) is 7.94. The van der Waals surface area contributed by atoms with Crippen molar-refractivity contribution >= 4 is 29.2 Å². The van der Waals surface area contributed by atoms with E-state index in [0.29, 0.717) is 25.9 Å². The van der Waals surface area contributed by atoms with Crippen LogP contribution >= 0.6 is 11.3 Å². The Kier molecular flexibility index (Phi) is 4.60. The molecule has 1 aromatic heterocycles. The van der Waals surface area contributed by atoms with Crippen molar-refractivity contribution in [3.05, 3.63) is 22.4 Å². The summed E-state index contributed by atoms with van der Waals surface area (Å²) in [6.45, 7) is 3.31. The number of nitrogens with zero attached hydrogens (tertiary/aromatic N) is 2. The number of hydrogen-bond acceptors (Lipinski definition) is 6. The predicted octanol–water partition coefficient (Wildman–Crippen LogP) is 1.36. The van der Waals surface area contributed by atoms with Gasteiger partial charge in [0.2, 0.25) is 0 Å². The summed E-state index contributed by atoms with van der Waals surface area (Å²) in [6.07, 6.45) is 1.36. The maximum atomic E-state index is 12.8. The molecule has 0 bridgehead atoms. The van der Waals surface area contributed by atoms with Gasteiger partial charge in [-0.2, -0.15) is 0 Å². The smallest absolute Gasteiger partial charge is 0.326 e. The highest BCUT2D eigenvalue weighted by Gasteiger charge is 2.50. The highest BCUT2D eigenvalue weighted by Crippen LogP contribution is 2.32. The van der Waals surface area contributed by atoms with E-state index in [1.807, 2.05) is 22.4 Å². The second-order valence-electron chi connectivity index (χ2n) is 6.32. The van der Waals surface area contributed by atoms with Crippen LogP contribution in [0.4, 0.5) is 4.79 Å². The first-order valence-corrected chi connectivity index (χ1v) is 8.82. The Balaban J connectivity index is 1.63. The van der Waals surface area contributed by atoms with E-state index in [4.69, 9.17) is 4.74 Å². The number of rotatable bonds is 4. The summed E-state index contributed by atoms with van der Waals surface area (Å²) in [5.74, 6) is -0.509. The van der Waals surface area contributed by atoms with Crippen LogP contribution in [0.1, 0.15) is 24.6 Å². The lowest BCUT2D eigenvalue weighted by Crippen LogP contribution is -2.46. The van der Waals surface area contributed by atoms with E-state index in [9.17, 15) is 14.4 Å². The summed E-state index contributed by atoms with van der Waals surface area (Å²) >= 11 is 1.45. The Morgan fingerprint density at radius 2 is 2.12 bits per heavy atom. The standard InChI is InChI=1S/C16H21N3O4S/c1-16(12-4-3-9-24-12)14(21)19(15(22)17-16)10-18-7-5-11(6-8-18)13(20)23-2/h3-4,9,11H,5-8,10H2,1-2H3,(H,17,22). The van der Waals surface area contributed by atoms with Crippen molar-refractivity contribution in [1.29, 1.82) is 0 Å². The predicted molar refractivity (Wildman–Crippen MR) is 88.2 cm³/mol. The summed E-state index contributed by atoms with van der Waals surface area (Å²) in [5.41, 5.74) is -0.990. The number of thiophene rings is 1. The lowest BCUT2D eigenvalue weighted by Gasteiger charge is -2.32. The molecule has 2 fully saturated rings. The molecule has 130 valence electrons. The molecule has 0 spiro atoms. The van der Waals surface area contributed by atoms with Gasteiger partial charge >= 0.3 is 12.0 Å². The minimum absolute atomic E-state index is 0.0919. The van der Waals surface area contributed by atoms with Crippen LogP contribution in [0, 0.1) is 5.92 Å². The number of amides is 3. The Labute approximate surface area is 144 Å². The Morgan fingerprint density at radius 1 is 1.42 bits per heavy atom. The third-order valence-electron chi connectivity index (χ3n) is 4.75. The maximum absolute atomic E-state index is 12.8. The monoisotopic (exact) mass is 351 g/mol. The van der Waals surface area contributed by atoms with Crippen molar-refractivity contribution in [2.24, 2.45) is 5.92 Å². The van der Waals surface area contributed by atoms with Gasteiger partial charge in [0.1, 0.15) is 0 Å². The summed E-state index contributed by atoms with van der Waals surface area (Å²) in [6, 6.07) is 3.35. The van der Waals surface area contributed by atoms with Gasteiger partial charge in [0.05, 0.1) is 19.7 Å². The first kappa shape index (κ1) is 16.9. The lowest BCUT2D eigenvalue weighted by atomic mass is 9.97. The number of carbonyl (C=O) groups is 3. The fourth-order valence-corrected chi connectivity index (χ4v) is 4.07. The molecule has 2 aliphatic rings. The van der Waals surface area contributed by atoms with Crippen molar-refractivity contribution in [3.63, 3.8) is 0 Å². The maximum Gasteiger partial charge on any atom is 0.326 e. The van der Waals surface area contributed by atoms with Crippen LogP contribution in [0.2, 0.25) is 0 Å². The third-order valence-corrected chi connectivity index (χ3v) is 5.84. The molecule has 3 amide bonds. The molecule has 0 aliphatic carbocycles. The third kappa shape index (κ3) is 2.91. The number of methoxy groups -OCH3 is 1. The van der Waals surface area contributed by atoms with Crippen molar-refractivity contribution in [3.8, 4) is 0 Å². The number of nitrogens with one attached hydrogen (secondary N) is 1. The number of likely N-dealkylation sites (tertiary alicyclic amines) is 1. The summed E-state index contributed by atoms with van der Waals surface area (Å²) in [7, 11) is 1.40. The zero-order valence-electron chi connectivity index (χ0n) is 13.8. The molecule has 0 aromatic carbocycles. The summed E-state index contributed by atoms with van der Waals surface area (Å²) in [4.78, 5) is 40.7. The average molecular weight is 351 g/mol. The molecule has 8 heteroatoms. The number of imide groups is 1. The molecule has 7 nitrogen and oxygen atoms in total. The number of esters is 1. The molecule has 1 aromatic rings. The quantitative estimate of drug-likeness (QED) is 0.654. The van der Waals surface area contributed by atoms with Crippen LogP contribution in [0.15, 0.2) is 17.5 Å². The van der Waals surface area contributed by atoms with E-state index in [2.05, 4.69) is 5.32 Å². The largest absolute Gasteiger partial charge is 0.469 e. The minimum Gasteiger partial charge on any atom is -0.469 e. The van der Waals surface area contributed by atoms with Crippen LogP contribution in [-0.4, -0.2) is 54.6 Å². The highest BCUT2D eigenvalue weighted by atomic mass is 32.1. The van der Waals surface area contributed by atoms with E-state index in [-0.39, 0.29) is 30.5 Å². The molecule has 24 heavy (non-hydrogen) atoms. The summed E-state index contributed by atoms with van der Waals surface area (Å²) in [5, 5.41) is 4.69. The van der Waals surface area contributed by atoms with Gasteiger partial charge in [-0.25, -0.2) is 9.69 Å². The van der Waals surface area contributed by atoms with E-state index in [1.54, 1.807) is 6.92 Å². The molecule has 1 N–H and O–H groups in total. The minimum atomic E-state index is -0.990. The second-order valence-corrected chi connectivity index (χ2v) is 7.27. The Hall–Kier alpha value is -1.93. The van der Waals surface area contributed by atoms with E-state index in [1.165, 1.54) is 23.3 Å². The molecule has 1 atom stereocenters. The van der Waals surface area contributed by atoms with Crippen LogP contribution in [-0.2, 0) is 19.9 Å². The molecular weight excluding hydrogens is 330 g/mol. The highest BCUT2D eigenvalue weighted by molar-refractivity contribution is 7.10. The van der Waals surface area contributed by atoms with Crippen molar-refractivity contribution < 1.29 is 19.1 Å². The van der Waals surface area contributed by atoms with Gasteiger partial charge in [0.15, 0.2) is 5.54 Å². The molecule has 3 heterocycles. The zero-order chi connectivity index (χ0) is 17.3. The molecule has 0 saturated carbocycles. The molecular formula is C16H21N3O4S. The number of carbonyl (C=O) groups excluding carboxylic acids is 3. The van der Waals surface area contributed by atoms with Crippen LogP contribution in [0.25, 0.3) is 0 Å². The van der Waals surface area contributed by atoms with Gasteiger partial charge in [-0.05, 0) is 31.2 Å². The van der Waals surface area contributed by atoms with Crippen molar-refractivity contribution in [2.75, 3.05) is 26.9 Å². The van der Waals surface area contributed by atoms with E-state index >= 15 is 0 Å². The van der Waals surface area contributed by atoms with Crippen LogP contribution in [0.3, 0.4) is 0 Å². The van der Waals surface area contributed by atoms with Crippen LogP contribution < -0.4 is 5.32 Å². The SMILES string of the molecule is COC(=O)C1CCN(CN2C(=O)NC(C)(c3cccs3)C2=O)CC1. The molecule has 1 unspecified atom stereocenters. The summed E-state index contributed by atoms with van der Waals surface area (Å²) < 4.78 is 4.78. The van der Waals surface area contributed by atoms with Gasteiger partial charge in [-0.3, -0.25) is 14.5 Å². The topological polar surface area (TPSA) is 79.0 Å². The van der Waals surface area contributed by atoms with Crippen molar-refractivity contribution in [1.82, 2.24) is 15.1 Å². The average Bonchev–Trinajstić information content (AvgIpc) is 3.19. The van der Waals surface area contributed by atoms with Gasteiger partial charge in [0, 0.05) is 18.0 Å². The normalized spacial score (nSPS) is 25.8. The number of piperidine rings is 1. The molecule has 2 saturated heterocycles.